The van der Waals surface area contributed by atoms with E-state index in [1.54, 1.807) is 47.5 Å². The Labute approximate surface area is 150 Å². The molecule has 3 aromatic heterocycles. The predicted octanol–water partition coefficient (Wildman–Crippen LogP) is 1.34. The Bertz CT molecular complexity index is 1240. The second kappa shape index (κ2) is 6.31. The van der Waals surface area contributed by atoms with Gasteiger partial charge in [0.05, 0.1) is 29.6 Å². The number of alkyl halides is 2. The number of halogens is 2. The van der Waals surface area contributed by atoms with Gasteiger partial charge in [0.2, 0.25) is 0 Å². The van der Waals surface area contributed by atoms with E-state index in [-0.39, 0.29) is 0 Å². The molecule has 0 fully saturated rings. The van der Waals surface area contributed by atoms with E-state index in [0.717, 1.165) is 20.4 Å². The van der Waals surface area contributed by atoms with Crippen LogP contribution < -0.4 is 11.4 Å². The minimum atomic E-state index is -2.80. The Morgan fingerprint density at radius 1 is 1.11 bits per heavy atom. The summed E-state index contributed by atoms with van der Waals surface area (Å²) in [5.74, 6) is 0. The molecule has 0 unspecified atom stereocenters. The van der Waals surface area contributed by atoms with Crippen molar-refractivity contribution in [1.82, 2.24) is 28.7 Å². The van der Waals surface area contributed by atoms with E-state index < -0.39 is 24.3 Å². The normalized spacial score (nSPS) is 11.6. The number of aromatic nitrogens is 6. The molecule has 0 aliphatic carbocycles. The molecule has 0 bridgehead atoms. The lowest BCUT2D eigenvalue weighted by molar-refractivity contribution is 0.124. The maximum absolute atomic E-state index is 12.7. The molecule has 0 aliphatic rings. The van der Waals surface area contributed by atoms with Crippen LogP contribution in [0, 0.1) is 0 Å². The van der Waals surface area contributed by atoms with Crippen LogP contribution >= 0.6 is 0 Å². The maximum atomic E-state index is 12.7. The van der Waals surface area contributed by atoms with Crippen LogP contribution in [0.15, 0.2) is 58.5 Å². The van der Waals surface area contributed by atoms with Crippen LogP contribution in [0.3, 0.4) is 0 Å². The third kappa shape index (κ3) is 2.84. The van der Waals surface area contributed by atoms with E-state index in [1.807, 2.05) is 6.07 Å². The van der Waals surface area contributed by atoms with E-state index >= 15 is 0 Å². The zero-order valence-electron chi connectivity index (χ0n) is 14.2. The van der Waals surface area contributed by atoms with E-state index in [9.17, 15) is 18.4 Å². The van der Waals surface area contributed by atoms with Crippen molar-refractivity contribution in [1.29, 1.82) is 0 Å². The van der Waals surface area contributed by atoms with Crippen molar-refractivity contribution in [3.8, 4) is 11.4 Å². The molecule has 0 radical (unpaired) electrons. The first-order valence-electron chi connectivity index (χ1n) is 8.03. The molecule has 1 aromatic carbocycles. The summed E-state index contributed by atoms with van der Waals surface area (Å²) in [7, 11) is 1.36. The monoisotopic (exact) mass is 372 g/mol. The van der Waals surface area contributed by atoms with Gasteiger partial charge < -0.3 is 0 Å². The number of pyridine rings is 1. The fourth-order valence-electron chi connectivity index (χ4n) is 2.93. The summed E-state index contributed by atoms with van der Waals surface area (Å²) in [5, 5.41) is 5.16. The maximum Gasteiger partial charge on any atom is 0.352 e. The van der Waals surface area contributed by atoms with Gasteiger partial charge >= 0.3 is 11.4 Å². The summed E-state index contributed by atoms with van der Waals surface area (Å²) in [5.41, 5.74) is 0.203. The van der Waals surface area contributed by atoms with Gasteiger partial charge in [0.15, 0.2) is 0 Å². The Morgan fingerprint density at radius 2 is 1.93 bits per heavy atom. The summed E-state index contributed by atoms with van der Waals surface area (Å²) >= 11 is 0. The number of rotatable bonds is 4. The number of fused-ring (bicyclic) bond motifs is 1. The first kappa shape index (κ1) is 16.9. The molecular weight excluding hydrogens is 358 g/mol. The molecule has 0 saturated heterocycles. The fraction of sp³-hybridized carbons (Fsp3) is 0.176. The molecule has 27 heavy (non-hydrogen) atoms. The average Bonchev–Trinajstić information content (AvgIpc) is 3.17. The summed E-state index contributed by atoms with van der Waals surface area (Å²) in [6.07, 6.45) is 2.27. The second-order valence-corrected chi connectivity index (χ2v) is 5.93. The molecule has 3 heterocycles. The Balaban J connectivity index is 1.84. The molecule has 0 atom stereocenters. The van der Waals surface area contributed by atoms with Crippen LogP contribution in [0.5, 0.6) is 0 Å². The molecule has 4 aromatic rings. The lowest BCUT2D eigenvalue weighted by atomic mass is 10.2. The molecule has 0 spiro atoms. The fourth-order valence-corrected chi connectivity index (χ4v) is 2.93. The number of benzene rings is 1. The number of hydrogen-bond acceptors (Lipinski definition) is 4. The third-order valence-electron chi connectivity index (χ3n) is 4.18. The minimum Gasteiger partial charge on any atom is -0.262 e. The summed E-state index contributed by atoms with van der Waals surface area (Å²) in [4.78, 5) is 28.6. The molecule has 0 N–H and O–H groups in total. The van der Waals surface area contributed by atoms with Gasteiger partial charge in [-0.05, 0) is 30.3 Å². The van der Waals surface area contributed by atoms with Gasteiger partial charge in [-0.15, -0.1) is 0 Å². The van der Waals surface area contributed by atoms with Crippen LogP contribution in [0.2, 0.25) is 0 Å². The smallest absolute Gasteiger partial charge is 0.262 e. The van der Waals surface area contributed by atoms with Crippen molar-refractivity contribution >= 4 is 10.9 Å². The van der Waals surface area contributed by atoms with Gasteiger partial charge in [-0.2, -0.15) is 9.78 Å². The Kier molecular flexibility index (Phi) is 3.94. The lowest BCUT2D eigenvalue weighted by Gasteiger charge is -2.04. The SMILES string of the molecule is Cn1c(=O)n(CC(F)F)c(=O)n1-c1ccc2nn(-c3cccnc3)cc2c1. The van der Waals surface area contributed by atoms with Crippen molar-refractivity contribution < 1.29 is 8.78 Å². The van der Waals surface area contributed by atoms with E-state index in [0.29, 0.717) is 15.8 Å². The van der Waals surface area contributed by atoms with Crippen LogP contribution in [0.1, 0.15) is 0 Å². The summed E-state index contributed by atoms with van der Waals surface area (Å²) < 4.78 is 29.6. The van der Waals surface area contributed by atoms with Crippen molar-refractivity contribution in [2.75, 3.05) is 0 Å². The highest BCUT2D eigenvalue weighted by molar-refractivity contribution is 5.80. The van der Waals surface area contributed by atoms with Crippen molar-refractivity contribution in [3.63, 3.8) is 0 Å². The predicted molar refractivity (Wildman–Crippen MR) is 93.7 cm³/mol. The molecule has 0 aliphatic heterocycles. The van der Waals surface area contributed by atoms with Gasteiger partial charge in [-0.1, -0.05) is 0 Å². The van der Waals surface area contributed by atoms with Crippen molar-refractivity contribution in [2.45, 2.75) is 13.0 Å². The lowest BCUT2D eigenvalue weighted by Crippen LogP contribution is -2.31. The van der Waals surface area contributed by atoms with Gasteiger partial charge in [0.25, 0.3) is 6.43 Å². The van der Waals surface area contributed by atoms with E-state index in [4.69, 9.17) is 0 Å². The summed E-state index contributed by atoms with van der Waals surface area (Å²) in [6.45, 7) is -0.945. The van der Waals surface area contributed by atoms with Crippen molar-refractivity contribution in [3.05, 3.63) is 69.9 Å². The molecule has 4 rings (SSSR count). The quantitative estimate of drug-likeness (QED) is 0.542. The number of nitrogens with zero attached hydrogens (tertiary/aromatic N) is 6. The molecule has 138 valence electrons. The number of hydrogen-bond donors (Lipinski definition) is 0. The highest BCUT2D eigenvalue weighted by Crippen LogP contribution is 2.18. The van der Waals surface area contributed by atoms with Gasteiger partial charge in [-0.3, -0.25) is 4.98 Å². The largest absolute Gasteiger partial charge is 0.352 e. The summed E-state index contributed by atoms with van der Waals surface area (Å²) in [6, 6.07) is 8.60. The highest BCUT2D eigenvalue weighted by atomic mass is 19.3. The third-order valence-corrected chi connectivity index (χ3v) is 4.18. The zero-order chi connectivity index (χ0) is 19.1. The molecular formula is C17H14F2N6O2. The molecule has 0 saturated carbocycles. The van der Waals surface area contributed by atoms with E-state index in [1.165, 1.54) is 7.05 Å². The topological polar surface area (TPSA) is 79.6 Å². The van der Waals surface area contributed by atoms with Crippen LogP contribution in [0.25, 0.3) is 22.3 Å². The minimum absolute atomic E-state index is 0.380. The Morgan fingerprint density at radius 3 is 2.63 bits per heavy atom. The van der Waals surface area contributed by atoms with E-state index in [2.05, 4.69) is 10.1 Å². The highest BCUT2D eigenvalue weighted by Gasteiger charge is 2.18. The second-order valence-electron chi connectivity index (χ2n) is 5.93. The van der Waals surface area contributed by atoms with Crippen LogP contribution in [-0.4, -0.2) is 35.1 Å². The average molecular weight is 372 g/mol. The molecule has 10 heteroatoms. The standard InChI is InChI=1S/C17H14F2N6O2/c1-22-16(26)23(10-15(18)19)17(27)25(22)12-4-5-14-11(7-12)9-24(21-14)13-3-2-6-20-8-13/h2-9,15H,10H2,1H3. The van der Waals surface area contributed by atoms with Crippen molar-refractivity contribution in [2.24, 2.45) is 7.05 Å². The molecule has 8 nitrogen and oxygen atoms in total. The van der Waals surface area contributed by atoms with Gasteiger partial charge in [0.1, 0.15) is 0 Å². The van der Waals surface area contributed by atoms with Gasteiger partial charge in [-0.25, -0.2) is 32.3 Å². The Hall–Kier alpha value is -3.56. The zero-order valence-corrected chi connectivity index (χ0v) is 14.2. The van der Waals surface area contributed by atoms with Crippen LogP contribution in [0.4, 0.5) is 8.78 Å². The first-order valence-corrected chi connectivity index (χ1v) is 8.03. The van der Waals surface area contributed by atoms with Crippen LogP contribution in [-0.2, 0) is 13.6 Å². The molecule has 0 amide bonds. The first-order chi connectivity index (χ1) is 13.0. The van der Waals surface area contributed by atoms with Gasteiger partial charge in [0, 0.05) is 24.8 Å².